The smallest absolute Gasteiger partial charge is 0.191 e. The summed E-state index contributed by atoms with van der Waals surface area (Å²) in [5, 5.41) is 19.9. The van der Waals surface area contributed by atoms with E-state index in [9.17, 15) is 0 Å². The molecule has 0 unspecified atom stereocenters. The van der Waals surface area contributed by atoms with Crippen molar-refractivity contribution in [2.75, 3.05) is 33.4 Å². The summed E-state index contributed by atoms with van der Waals surface area (Å²) in [6.45, 7) is 4.29. The van der Waals surface area contributed by atoms with E-state index in [1.165, 1.54) is 5.56 Å². The average molecular weight is 565 g/mol. The van der Waals surface area contributed by atoms with Crippen LogP contribution in [0.3, 0.4) is 0 Å². The van der Waals surface area contributed by atoms with Crippen LogP contribution in [-0.2, 0) is 13.0 Å². The molecule has 2 aromatic carbocycles. The van der Waals surface area contributed by atoms with E-state index in [0.29, 0.717) is 18.0 Å². The molecular formula is C24H32IN5O3. The topological polar surface area (TPSA) is 92.9 Å². The predicted octanol–water partition coefficient (Wildman–Crippen LogP) is 3.17. The quantitative estimate of drug-likeness (QED) is 0.188. The number of nitrogens with zero attached hydrogens (tertiary/aromatic N) is 3. The van der Waals surface area contributed by atoms with Gasteiger partial charge in [0.1, 0.15) is 6.61 Å². The molecular weight excluding hydrogens is 533 g/mol. The molecule has 0 saturated heterocycles. The summed E-state index contributed by atoms with van der Waals surface area (Å²) in [6, 6.07) is 16.0. The zero-order chi connectivity index (χ0) is 22.6. The monoisotopic (exact) mass is 565 g/mol. The van der Waals surface area contributed by atoms with Crippen molar-refractivity contribution in [3.63, 3.8) is 0 Å². The standard InChI is InChI=1S/C24H31N5O3.HI/c1-3-25-24(27-18-20-7-10-22(32-16-15-30)23(17-20)31-2)26-13-11-19-5-8-21(9-6-19)29-14-4-12-28-29;/h4-10,12,14,17,30H,3,11,13,15-16,18H2,1-2H3,(H2,25,26,27);1H. The number of aliphatic hydroxyl groups excluding tert-OH is 1. The highest BCUT2D eigenvalue weighted by atomic mass is 127. The molecule has 178 valence electrons. The first kappa shape index (κ1) is 26.5. The van der Waals surface area contributed by atoms with Crippen LogP contribution >= 0.6 is 24.0 Å². The maximum atomic E-state index is 8.94. The summed E-state index contributed by atoms with van der Waals surface area (Å²) >= 11 is 0. The predicted molar refractivity (Wildman–Crippen MR) is 141 cm³/mol. The number of halogens is 1. The Labute approximate surface area is 212 Å². The lowest BCUT2D eigenvalue weighted by Gasteiger charge is -2.13. The van der Waals surface area contributed by atoms with E-state index in [-0.39, 0.29) is 37.2 Å². The molecule has 3 N–H and O–H groups in total. The fourth-order valence-corrected chi connectivity index (χ4v) is 3.16. The van der Waals surface area contributed by atoms with Crippen molar-refractivity contribution in [1.29, 1.82) is 0 Å². The van der Waals surface area contributed by atoms with Gasteiger partial charge in [-0.15, -0.1) is 24.0 Å². The van der Waals surface area contributed by atoms with Crippen molar-refractivity contribution in [1.82, 2.24) is 20.4 Å². The Hall–Kier alpha value is -2.79. The van der Waals surface area contributed by atoms with Crippen LogP contribution in [0.4, 0.5) is 0 Å². The lowest BCUT2D eigenvalue weighted by atomic mass is 10.1. The van der Waals surface area contributed by atoms with Crippen molar-refractivity contribution in [2.24, 2.45) is 4.99 Å². The molecule has 33 heavy (non-hydrogen) atoms. The van der Waals surface area contributed by atoms with Crippen LogP contribution in [0.1, 0.15) is 18.1 Å². The second kappa shape index (κ2) is 14.4. The van der Waals surface area contributed by atoms with Crippen LogP contribution in [-0.4, -0.2) is 54.3 Å². The molecule has 8 nitrogen and oxygen atoms in total. The molecule has 9 heteroatoms. The van der Waals surface area contributed by atoms with E-state index in [1.54, 1.807) is 13.3 Å². The summed E-state index contributed by atoms with van der Waals surface area (Å²) in [6.07, 6.45) is 4.59. The van der Waals surface area contributed by atoms with Crippen molar-refractivity contribution in [3.05, 3.63) is 72.1 Å². The van der Waals surface area contributed by atoms with E-state index >= 15 is 0 Å². The second-order valence-corrected chi connectivity index (χ2v) is 7.05. The fourth-order valence-electron chi connectivity index (χ4n) is 3.16. The Morgan fingerprint density at radius 2 is 1.88 bits per heavy atom. The van der Waals surface area contributed by atoms with E-state index < -0.39 is 0 Å². The molecule has 0 bridgehead atoms. The van der Waals surface area contributed by atoms with Crippen LogP contribution in [0.25, 0.3) is 5.69 Å². The lowest BCUT2D eigenvalue weighted by molar-refractivity contribution is 0.196. The van der Waals surface area contributed by atoms with Crippen LogP contribution in [0.5, 0.6) is 11.5 Å². The van der Waals surface area contributed by atoms with Gasteiger partial charge < -0.3 is 25.2 Å². The van der Waals surface area contributed by atoms with Gasteiger partial charge in [-0.3, -0.25) is 0 Å². The first-order valence-corrected chi connectivity index (χ1v) is 10.7. The molecule has 0 aliphatic carbocycles. The fraction of sp³-hybridized carbons (Fsp3) is 0.333. The second-order valence-electron chi connectivity index (χ2n) is 7.05. The number of nitrogens with one attached hydrogen (secondary N) is 2. The van der Waals surface area contributed by atoms with Gasteiger partial charge in [-0.1, -0.05) is 18.2 Å². The van der Waals surface area contributed by atoms with Gasteiger partial charge in [0.2, 0.25) is 0 Å². The number of aliphatic hydroxyl groups is 1. The number of hydrogen-bond acceptors (Lipinski definition) is 5. The van der Waals surface area contributed by atoms with Crippen molar-refractivity contribution in [3.8, 4) is 17.2 Å². The van der Waals surface area contributed by atoms with Crippen LogP contribution in [0, 0.1) is 0 Å². The third-order valence-electron chi connectivity index (χ3n) is 4.75. The normalized spacial score (nSPS) is 10.9. The summed E-state index contributed by atoms with van der Waals surface area (Å²) in [5.74, 6) is 2.00. The maximum absolute atomic E-state index is 8.94. The number of rotatable bonds is 11. The summed E-state index contributed by atoms with van der Waals surface area (Å²) in [4.78, 5) is 4.68. The molecule has 0 atom stereocenters. The van der Waals surface area contributed by atoms with Crippen LogP contribution in [0.15, 0.2) is 65.9 Å². The summed E-state index contributed by atoms with van der Waals surface area (Å²) in [7, 11) is 1.60. The molecule has 1 heterocycles. The Morgan fingerprint density at radius 3 is 2.55 bits per heavy atom. The minimum absolute atomic E-state index is 0. The van der Waals surface area contributed by atoms with Gasteiger partial charge in [0, 0.05) is 25.5 Å². The van der Waals surface area contributed by atoms with E-state index in [2.05, 4.69) is 45.0 Å². The van der Waals surface area contributed by atoms with E-state index in [4.69, 9.17) is 14.6 Å². The van der Waals surface area contributed by atoms with Gasteiger partial charge in [-0.05, 0) is 54.8 Å². The minimum Gasteiger partial charge on any atom is -0.493 e. The third kappa shape index (κ3) is 8.25. The van der Waals surface area contributed by atoms with Crippen molar-refractivity contribution < 1.29 is 14.6 Å². The van der Waals surface area contributed by atoms with Gasteiger partial charge >= 0.3 is 0 Å². The number of ether oxygens (including phenoxy) is 2. The number of guanidine groups is 1. The molecule has 0 aliphatic rings. The summed E-state index contributed by atoms with van der Waals surface area (Å²) < 4.78 is 12.7. The third-order valence-corrected chi connectivity index (χ3v) is 4.75. The summed E-state index contributed by atoms with van der Waals surface area (Å²) in [5.41, 5.74) is 3.29. The molecule has 0 aliphatic heterocycles. The van der Waals surface area contributed by atoms with Gasteiger partial charge in [0.25, 0.3) is 0 Å². The van der Waals surface area contributed by atoms with Crippen molar-refractivity contribution >= 4 is 29.9 Å². The Bertz CT molecular complexity index is 978. The van der Waals surface area contributed by atoms with E-state index in [1.807, 2.05) is 42.1 Å². The minimum atomic E-state index is -0.0403. The molecule has 0 saturated carbocycles. The molecule has 0 fully saturated rings. The Balaban J connectivity index is 0.00000385. The molecule has 3 rings (SSSR count). The first-order chi connectivity index (χ1) is 15.7. The maximum Gasteiger partial charge on any atom is 0.191 e. The molecule has 0 amide bonds. The van der Waals surface area contributed by atoms with Gasteiger partial charge in [0.05, 0.1) is 25.9 Å². The first-order valence-electron chi connectivity index (χ1n) is 10.7. The molecule has 0 spiro atoms. The van der Waals surface area contributed by atoms with Crippen LogP contribution < -0.4 is 20.1 Å². The highest BCUT2D eigenvalue weighted by Crippen LogP contribution is 2.28. The molecule has 1 aromatic heterocycles. The number of aliphatic imine (C=N–C) groups is 1. The number of hydrogen-bond donors (Lipinski definition) is 3. The number of benzene rings is 2. The van der Waals surface area contributed by atoms with Gasteiger partial charge in [-0.25, -0.2) is 9.67 Å². The zero-order valence-electron chi connectivity index (χ0n) is 19.0. The molecule has 3 aromatic rings. The number of methoxy groups -OCH3 is 1. The van der Waals surface area contributed by atoms with Gasteiger partial charge in [-0.2, -0.15) is 5.10 Å². The Morgan fingerprint density at radius 1 is 1.09 bits per heavy atom. The van der Waals surface area contributed by atoms with Crippen LogP contribution in [0.2, 0.25) is 0 Å². The van der Waals surface area contributed by atoms with Crippen molar-refractivity contribution in [2.45, 2.75) is 19.9 Å². The average Bonchev–Trinajstić information content (AvgIpc) is 3.37. The lowest BCUT2D eigenvalue weighted by Crippen LogP contribution is -2.38. The highest BCUT2D eigenvalue weighted by Gasteiger charge is 2.06. The van der Waals surface area contributed by atoms with E-state index in [0.717, 1.165) is 36.7 Å². The Kier molecular flexibility index (Phi) is 11.5. The largest absolute Gasteiger partial charge is 0.493 e. The molecule has 0 radical (unpaired) electrons. The zero-order valence-corrected chi connectivity index (χ0v) is 21.4. The number of aromatic nitrogens is 2. The van der Waals surface area contributed by atoms with Gasteiger partial charge in [0.15, 0.2) is 17.5 Å². The highest BCUT2D eigenvalue weighted by molar-refractivity contribution is 14.0. The SMILES string of the molecule is CCNC(=NCc1ccc(OCCO)c(OC)c1)NCCc1ccc(-n2cccn2)cc1.I.